The molecule has 0 spiro atoms. The second-order valence-electron chi connectivity index (χ2n) is 8.07. The fourth-order valence-corrected chi connectivity index (χ4v) is 6.14. The Labute approximate surface area is 224 Å². The van der Waals surface area contributed by atoms with Crippen LogP contribution in [0.1, 0.15) is 0 Å². The van der Waals surface area contributed by atoms with Crippen molar-refractivity contribution in [2.24, 2.45) is 0 Å². The van der Waals surface area contributed by atoms with E-state index in [2.05, 4.69) is 10.0 Å². The van der Waals surface area contributed by atoms with Crippen LogP contribution >= 0.6 is 23.2 Å². The van der Waals surface area contributed by atoms with Crippen LogP contribution in [0, 0.1) is 0 Å². The van der Waals surface area contributed by atoms with Crippen LogP contribution < -0.4 is 14.3 Å². The predicted molar refractivity (Wildman–Crippen MR) is 148 cm³/mol. The van der Waals surface area contributed by atoms with E-state index in [0.29, 0.717) is 10.7 Å². The third-order valence-corrected chi connectivity index (χ3v) is 8.39. The van der Waals surface area contributed by atoms with E-state index < -0.39 is 32.5 Å². The lowest BCUT2D eigenvalue weighted by molar-refractivity contribution is -0.114. The van der Waals surface area contributed by atoms with Crippen LogP contribution in [0.15, 0.2) is 89.8 Å². The van der Waals surface area contributed by atoms with Crippen LogP contribution in [0.2, 0.25) is 10.0 Å². The highest BCUT2D eigenvalue weighted by molar-refractivity contribution is 7.92. The van der Waals surface area contributed by atoms with Crippen LogP contribution in [0.3, 0.4) is 0 Å². The summed E-state index contributed by atoms with van der Waals surface area (Å²) in [5.74, 6) is -0.652. The fraction of sp³-hybridized carbons (Fsp3) is 0.0800. The number of sulfonamides is 2. The van der Waals surface area contributed by atoms with Crippen molar-refractivity contribution in [3.63, 3.8) is 0 Å². The summed E-state index contributed by atoms with van der Waals surface area (Å²) >= 11 is 12.0. The van der Waals surface area contributed by atoms with E-state index in [1.807, 2.05) is 30.3 Å². The van der Waals surface area contributed by atoms with Gasteiger partial charge in [0.25, 0.3) is 10.0 Å². The minimum Gasteiger partial charge on any atom is -0.325 e. The summed E-state index contributed by atoms with van der Waals surface area (Å²) in [5.41, 5.74) is 0.826. The standard InChI is InChI=1S/C25H21Cl2N3O5S2/c1-36(32,33)30(24-14-9-18(26)15-22(24)27)16-25(31)28-19-10-12-20(13-11-19)37(34,35)29-23-8-4-6-17-5-2-3-7-21(17)23/h2-15,29H,16H2,1H3,(H,28,31). The number of hydrogen-bond donors (Lipinski definition) is 2. The second kappa shape index (κ2) is 10.6. The molecule has 0 saturated heterocycles. The summed E-state index contributed by atoms with van der Waals surface area (Å²) in [6, 6.07) is 22.5. The van der Waals surface area contributed by atoms with Gasteiger partial charge < -0.3 is 5.32 Å². The first kappa shape index (κ1) is 26.7. The number of fused-ring (bicyclic) bond motifs is 1. The van der Waals surface area contributed by atoms with Gasteiger partial charge in [-0.25, -0.2) is 16.8 Å². The maximum atomic E-state index is 13.0. The SMILES string of the molecule is CS(=O)(=O)N(CC(=O)Nc1ccc(S(=O)(=O)Nc2cccc3ccccc23)cc1)c1ccc(Cl)cc1Cl. The minimum absolute atomic E-state index is 0.0101. The summed E-state index contributed by atoms with van der Waals surface area (Å²) < 4.78 is 54.0. The molecule has 4 aromatic rings. The van der Waals surface area contributed by atoms with E-state index >= 15 is 0 Å². The molecule has 0 bridgehead atoms. The molecule has 1 amide bonds. The zero-order valence-electron chi connectivity index (χ0n) is 19.4. The van der Waals surface area contributed by atoms with Crippen LogP contribution in [-0.4, -0.2) is 35.5 Å². The molecule has 37 heavy (non-hydrogen) atoms. The number of hydrogen-bond acceptors (Lipinski definition) is 5. The van der Waals surface area contributed by atoms with E-state index in [1.54, 1.807) is 12.1 Å². The normalized spacial score (nSPS) is 11.8. The third kappa shape index (κ3) is 6.34. The van der Waals surface area contributed by atoms with Gasteiger partial charge in [0, 0.05) is 16.1 Å². The highest BCUT2D eigenvalue weighted by Gasteiger charge is 2.23. The molecule has 4 rings (SSSR count). The first-order valence-corrected chi connectivity index (χ1v) is 14.9. The van der Waals surface area contributed by atoms with Gasteiger partial charge in [-0.15, -0.1) is 0 Å². The Balaban J connectivity index is 1.49. The quantitative estimate of drug-likeness (QED) is 0.293. The maximum Gasteiger partial charge on any atom is 0.261 e. The molecule has 4 aromatic carbocycles. The maximum absolute atomic E-state index is 13.0. The molecule has 0 aliphatic rings. The molecule has 0 radical (unpaired) electrons. The largest absolute Gasteiger partial charge is 0.325 e. The number of nitrogens with one attached hydrogen (secondary N) is 2. The van der Waals surface area contributed by atoms with Gasteiger partial charge in [-0.1, -0.05) is 59.6 Å². The third-order valence-electron chi connectivity index (χ3n) is 5.35. The Bertz CT molecular complexity index is 1690. The minimum atomic E-state index is -3.91. The zero-order chi connectivity index (χ0) is 26.8. The van der Waals surface area contributed by atoms with E-state index in [4.69, 9.17) is 23.2 Å². The predicted octanol–water partition coefficient (Wildman–Crippen LogP) is 5.35. The average Bonchev–Trinajstić information content (AvgIpc) is 2.83. The van der Waals surface area contributed by atoms with Crippen LogP contribution in [-0.2, 0) is 24.8 Å². The van der Waals surface area contributed by atoms with E-state index in [9.17, 15) is 21.6 Å². The number of amides is 1. The molecule has 0 saturated carbocycles. The monoisotopic (exact) mass is 577 g/mol. The molecular formula is C25H21Cl2N3O5S2. The molecule has 0 unspecified atom stereocenters. The second-order valence-corrected chi connectivity index (χ2v) is 12.5. The van der Waals surface area contributed by atoms with Gasteiger partial charge in [0.1, 0.15) is 6.54 Å². The van der Waals surface area contributed by atoms with Crippen molar-refractivity contribution in [1.82, 2.24) is 0 Å². The van der Waals surface area contributed by atoms with Gasteiger partial charge in [-0.05, 0) is 53.9 Å². The molecular weight excluding hydrogens is 557 g/mol. The topological polar surface area (TPSA) is 113 Å². The lowest BCUT2D eigenvalue weighted by Gasteiger charge is -2.23. The summed E-state index contributed by atoms with van der Waals surface area (Å²) in [6.45, 7) is -0.553. The van der Waals surface area contributed by atoms with Crippen molar-refractivity contribution >= 4 is 77.0 Å². The Hall–Kier alpha value is -3.31. The molecule has 0 heterocycles. The van der Waals surface area contributed by atoms with E-state index in [1.165, 1.54) is 42.5 Å². The van der Waals surface area contributed by atoms with Gasteiger partial charge in [-0.2, -0.15) is 0 Å². The number of nitrogens with zero attached hydrogens (tertiary/aromatic N) is 1. The van der Waals surface area contributed by atoms with Gasteiger partial charge in [0.2, 0.25) is 15.9 Å². The van der Waals surface area contributed by atoms with Crippen molar-refractivity contribution in [3.05, 3.63) is 95.0 Å². The van der Waals surface area contributed by atoms with Gasteiger partial charge in [0.15, 0.2) is 0 Å². The Morgan fingerprint density at radius 3 is 2.22 bits per heavy atom. The fourth-order valence-electron chi connectivity index (χ4n) is 3.63. The van der Waals surface area contributed by atoms with E-state index in [-0.39, 0.29) is 21.3 Å². The smallest absolute Gasteiger partial charge is 0.261 e. The van der Waals surface area contributed by atoms with Crippen molar-refractivity contribution in [2.45, 2.75) is 4.90 Å². The first-order chi connectivity index (χ1) is 17.4. The van der Waals surface area contributed by atoms with Crippen molar-refractivity contribution in [3.8, 4) is 0 Å². The molecule has 12 heteroatoms. The van der Waals surface area contributed by atoms with Gasteiger partial charge in [0.05, 0.1) is 27.5 Å². The molecule has 0 atom stereocenters. The molecule has 192 valence electrons. The van der Waals surface area contributed by atoms with Crippen LogP contribution in [0.4, 0.5) is 17.1 Å². The van der Waals surface area contributed by atoms with Gasteiger partial charge in [-0.3, -0.25) is 13.8 Å². The lowest BCUT2D eigenvalue weighted by atomic mass is 10.1. The molecule has 0 aliphatic carbocycles. The highest BCUT2D eigenvalue weighted by Crippen LogP contribution is 2.30. The van der Waals surface area contributed by atoms with E-state index in [0.717, 1.165) is 21.3 Å². The zero-order valence-corrected chi connectivity index (χ0v) is 22.5. The Morgan fingerprint density at radius 2 is 1.54 bits per heavy atom. The summed E-state index contributed by atoms with van der Waals surface area (Å²) in [7, 11) is -7.76. The number of anilines is 3. The van der Waals surface area contributed by atoms with Crippen LogP contribution in [0.5, 0.6) is 0 Å². The molecule has 8 nitrogen and oxygen atoms in total. The summed E-state index contributed by atoms with van der Waals surface area (Å²) in [5, 5.41) is 4.60. The summed E-state index contributed by atoms with van der Waals surface area (Å²) in [6.07, 6.45) is 0.952. The number of carbonyl (C=O) groups excluding carboxylic acids is 1. The number of carbonyl (C=O) groups is 1. The highest BCUT2D eigenvalue weighted by atomic mass is 35.5. The van der Waals surface area contributed by atoms with Crippen molar-refractivity contribution in [1.29, 1.82) is 0 Å². The van der Waals surface area contributed by atoms with Crippen molar-refractivity contribution in [2.75, 3.05) is 27.1 Å². The summed E-state index contributed by atoms with van der Waals surface area (Å²) in [4.78, 5) is 12.6. The number of rotatable bonds is 8. The molecule has 0 aliphatic heterocycles. The lowest BCUT2D eigenvalue weighted by Crippen LogP contribution is -2.37. The molecule has 0 aromatic heterocycles. The average molecular weight is 578 g/mol. The number of benzene rings is 4. The Morgan fingerprint density at radius 1 is 0.865 bits per heavy atom. The first-order valence-electron chi connectivity index (χ1n) is 10.8. The van der Waals surface area contributed by atoms with Crippen LogP contribution in [0.25, 0.3) is 10.8 Å². The number of halogens is 2. The van der Waals surface area contributed by atoms with Gasteiger partial charge >= 0.3 is 0 Å². The van der Waals surface area contributed by atoms with Crippen molar-refractivity contribution < 1.29 is 21.6 Å². The molecule has 2 N–H and O–H groups in total. The molecule has 0 fully saturated rings. The Kier molecular flexibility index (Phi) is 7.65.